The van der Waals surface area contributed by atoms with Gasteiger partial charge in [-0.1, -0.05) is 29.4 Å². The predicted molar refractivity (Wildman–Crippen MR) is 109 cm³/mol. The van der Waals surface area contributed by atoms with Crippen molar-refractivity contribution in [3.8, 4) is 11.5 Å². The minimum absolute atomic E-state index is 0.0697. The van der Waals surface area contributed by atoms with E-state index in [4.69, 9.17) is 21.1 Å². The number of rotatable bonds is 5. The zero-order valence-corrected chi connectivity index (χ0v) is 17.9. The Kier molecular flexibility index (Phi) is 6.49. The lowest BCUT2D eigenvalue weighted by Gasteiger charge is -2.34. The lowest BCUT2D eigenvalue weighted by molar-refractivity contribution is -0.138. The summed E-state index contributed by atoms with van der Waals surface area (Å²) in [6.07, 6.45) is -3.77. The van der Waals surface area contributed by atoms with Crippen LogP contribution in [0.4, 0.5) is 13.2 Å². The first-order valence-corrected chi connectivity index (χ1v) is 10.9. The number of alkyl halides is 3. The first-order valence-electron chi connectivity index (χ1n) is 9.54. The van der Waals surface area contributed by atoms with Gasteiger partial charge in [0.25, 0.3) is 0 Å². The summed E-state index contributed by atoms with van der Waals surface area (Å²) in [6, 6.07) is 6.70. The Hall–Kier alpha value is -2.17. The zero-order chi connectivity index (χ0) is 22.0. The first-order chi connectivity index (χ1) is 14.8. The lowest BCUT2D eigenvalue weighted by Crippen LogP contribution is -2.48. The monoisotopic (exact) mass is 473 g/mol. The van der Waals surface area contributed by atoms with Crippen LogP contribution in [0.1, 0.15) is 11.1 Å². The van der Waals surface area contributed by atoms with Crippen molar-refractivity contribution < 1.29 is 27.4 Å². The Balaban J connectivity index is 1.25. The molecule has 1 aromatic carbocycles. The number of nitrogens with zero attached hydrogens (tertiary/aromatic N) is 3. The third-order valence-electron chi connectivity index (χ3n) is 5.04. The Morgan fingerprint density at radius 3 is 2.58 bits per heavy atom. The van der Waals surface area contributed by atoms with E-state index in [1.54, 1.807) is 4.90 Å². The molecule has 0 aliphatic carbocycles. The zero-order valence-electron chi connectivity index (χ0n) is 16.3. The normalized spacial score (nSPS) is 16.6. The van der Waals surface area contributed by atoms with Gasteiger partial charge in [0, 0.05) is 38.9 Å². The van der Waals surface area contributed by atoms with Crippen LogP contribution < -0.4 is 9.47 Å². The highest BCUT2D eigenvalue weighted by molar-refractivity contribution is 8.00. The maximum Gasteiger partial charge on any atom is 0.417 e. The molecule has 4 rings (SSSR count). The number of aromatic nitrogens is 1. The van der Waals surface area contributed by atoms with E-state index in [-0.39, 0.29) is 28.5 Å². The number of pyridine rings is 1. The molecule has 2 aliphatic rings. The third kappa shape index (κ3) is 5.36. The van der Waals surface area contributed by atoms with Gasteiger partial charge in [0.2, 0.25) is 12.7 Å². The molecule has 0 bridgehead atoms. The number of benzene rings is 1. The Morgan fingerprint density at radius 2 is 1.87 bits per heavy atom. The molecule has 1 saturated heterocycles. The van der Waals surface area contributed by atoms with Gasteiger partial charge in [-0.15, -0.1) is 0 Å². The van der Waals surface area contributed by atoms with Crippen LogP contribution in [0.5, 0.6) is 11.5 Å². The number of hydrogen-bond donors (Lipinski definition) is 0. The fourth-order valence-corrected chi connectivity index (χ4v) is 4.46. The van der Waals surface area contributed by atoms with E-state index in [1.165, 1.54) is 0 Å². The maximum absolute atomic E-state index is 12.7. The Labute approximate surface area is 186 Å². The predicted octanol–water partition coefficient (Wildman–Crippen LogP) is 3.92. The molecule has 0 atom stereocenters. The largest absolute Gasteiger partial charge is 0.454 e. The molecule has 3 heterocycles. The molecule has 0 unspecified atom stereocenters. The van der Waals surface area contributed by atoms with Gasteiger partial charge in [-0.25, -0.2) is 4.98 Å². The fourth-order valence-electron chi connectivity index (χ4n) is 3.36. The van der Waals surface area contributed by atoms with Crippen LogP contribution in [-0.2, 0) is 17.5 Å². The third-order valence-corrected chi connectivity index (χ3v) is 6.43. The Bertz CT molecular complexity index is 968. The van der Waals surface area contributed by atoms with Crippen LogP contribution in [0, 0.1) is 0 Å². The molecule has 2 aromatic rings. The summed E-state index contributed by atoms with van der Waals surface area (Å²) >= 11 is 6.95. The van der Waals surface area contributed by atoms with Gasteiger partial charge in [0.15, 0.2) is 11.5 Å². The van der Waals surface area contributed by atoms with E-state index in [0.29, 0.717) is 13.1 Å². The number of fused-ring (bicyclic) bond motifs is 1. The van der Waals surface area contributed by atoms with E-state index in [1.807, 2.05) is 18.2 Å². The molecule has 1 aromatic heterocycles. The molecule has 31 heavy (non-hydrogen) atoms. The number of thioether (sulfide) groups is 1. The number of piperazine rings is 1. The quantitative estimate of drug-likeness (QED) is 0.614. The van der Waals surface area contributed by atoms with Gasteiger partial charge < -0.3 is 14.4 Å². The number of hydrogen-bond acceptors (Lipinski definition) is 6. The van der Waals surface area contributed by atoms with E-state index in [9.17, 15) is 18.0 Å². The van der Waals surface area contributed by atoms with E-state index in [0.717, 1.165) is 60.7 Å². The molecule has 1 fully saturated rings. The summed E-state index contributed by atoms with van der Waals surface area (Å²) in [4.78, 5) is 20.3. The van der Waals surface area contributed by atoms with Crippen LogP contribution >= 0.6 is 23.4 Å². The summed E-state index contributed by atoms with van der Waals surface area (Å²) in [5.74, 6) is 1.48. The number of ether oxygens (including phenoxy) is 2. The molecule has 0 saturated carbocycles. The van der Waals surface area contributed by atoms with Crippen molar-refractivity contribution in [3.05, 3.63) is 46.6 Å². The second kappa shape index (κ2) is 9.13. The van der Waals surface area contributed by atoms with E-state index < -0.39 is 11.7 Å². The van der Waals surface area contributed by atoms with Crippen molar-refractivity contribution in [3.63, 3.8) is 0 Å². The molecule has 1 amide bonds. The van der Waals surface area contributed by atoms with Crippen molar-refractivity contribution in [2.75, 3.05) is 38.7 Å². The highest BCUT2D eigenvalue weighted by Gasteiger charge is 2.31. The van der Waals surface area contributed by atoms with Crippen molar-refractivity contribution in [2.45, 2.75) is 17.7 Å². The van der Waals surface area contributed by atoms with Gasteiger partial charge in [-0.3, -0.25) is 9.69 Å². The number of carbonyl (C=O) groups is 1. The van der Waals surface area contributed by atoms with Gasteiger partial charge in [0.1, 0.15) is 5.03 Å². The maximum atomic E-state index is 12.7. The van der Waals surface area contributed by atoms with Gasteiger partial charge in [0.05, 0.1) is 16.3 Å². The second-order valence-electron chi connectivity index (χ2n) is 7.14. The SMILES string of the molecule is O=C(CSc1ncc(C(F)(F)F)cc1Cl)N1CCN(Cc2ccc3c(c2)OCO3)CC1. The standard InChI is InChI=1S/C20H19ClF3N3O3S/c21-15-8-14(20(22,23)24)9-25-19(15)31-11-18(28)27-5-3-26(4-6-27)10-13-1-2-16-17(7-13)30-12-29-16/h1-2,7-9H,3-6,10-12H2. The molecule has 0 spiro atoms. The minimum Gasteiger partial charge on any atom is -0.454 e. The van der Waals surface area contributed by atoms with E-state index in [2.05, 4.69) is 9.88 Å². The highest BCUT2D eigenvalue weighted by Crippen LogP contribution is 2.34. The summed E-state index contributed by atoms with van der Waals surface area (Å²) in [5.41, 5.74) is 0.203. The average Bonchev–Trinajstić information content (AvgIpc) is 3.20. The summed E-state index contributed by atoms with van der Waals surface area (Å²) in [5, 5.41) is 0.102. The molecule has 0 N–H and O–H groups in total. The molecular formula is C20H19ClF3N3O3S. The first kappa shape index (κ1) is 22.0. The molecule has 0 radical (unpaired) electrons. The molecule has 2 aliphatic heterocycles. The fraction of sp³-hybridized carbons (Fsp3) is 0.400. The smallest absolute Gasteiger partial charge is 0.417 e. The van der Waals surface area contributed by atoms with Crippen LogP contribution in [0.3, 0.4) is 0 Å². The molecular weight excluding hydrogens is 455 g/mol. The van der Waals surface area contributed by atoms with Crippen molar-refractivity contribution in [2.24, 2.45) is 0 Å². The number of carbonyl (C=O) groups excluding carboxylic acids is 1. The average molecular weight is 474 g/mol. The highest BCUT2D eigenvalue weighted by atomic mass is 35.5. The van der Waals surface area contributed by atoms with Crippen LogP contribution in [0.15, 0.2) is 35.5 Å². The lowest BCUT2D eigenvalue weighted by atomic mass is 10.1. The van der Waals surface area contributed by atoms with Crippen molar-refractivity contribution in [1.29, 1.82) is 0 Å². The van der Waals surface area contributed by atoms with Crippen LogP contribution in [0.25, 0.3) is 0 Å². The summed E-state index contributed by atoms with van der Waals surface area (Å²) < 4.78 is 48.8. The number of halogens is 4. The van der Waals surface area contributed by atoms with E-state index >= 15 is 0 Å². The summed E-state index contributed by atoms with van der Waals surface area (Å²) in [7, 11) is 0. The topological polar surface area (TPSA) is 54.9 Å². The van der Waals surface area contributed by atoms with Crippen LogP contribution in [-0.4, -0.2) is 59.4 Å². The summed E-state index contributed by atoms with van der Waals surface area (Å²) in [6.45, 7) is 3.60. The minimum atomic E-state index is -4.50. The second-order valence-corrected chi connectivity index (χ2v) is 8.51. The van der Waals surface area contributed by atoms with Gasteiger partial charge in [-0.2, -0.15) is 13.2 Å². The number of amides is 1. The van der Waals surface area contributed by atoms with Crippen molar-refractivity contribution >= 4 is 29.3 Å². The Morgan fingerprint density at radius 1 is 1.13 bits per heavy atom. The van der Waals surface area contributed by atoms with Gasteiger partial charge >= 0.3 is 6.18 Å². The van der Waals surface area contributed by atoms with Gasteiger partial charge in [-0.05, 0) is 23.8 Å². The van der Waals surface area contributed by atoms with Crippen molar-refractivity contribution in [1.82, 2.24) is 14.8 Å². The van der Waals surface area contributed by atoms with Crippen LogP contribution in [0.2, 0.25) is 5.02 Å². The molecule has 11 heteroatoms. The molecule has 166 valence electrons. The molecule has 6 nitrogen and oxygen atoms in total.